The zero-order valence-electron chi connectivity index (χ0n) is 11.8. The molecule has 0 amide bonds. The lowest BCUT2D eigenvalue weighted by Gasteiger charge is -2.23. The fourth-order valence-corrected chi connectivity index (χ4v) is 3.37. The minimum atomic E-state index is -0.240. The quantitative estimate of drug-likeness (QED) is 0.839. The molecule has 1 heterocycles. The number of ether oxygens (including phenoxy) is 2. The Bertz CT molecular complexity index is 464. The van der Waals surface area contributed by atoms with Crippen LogP contribution in [0.3, 0.4) is 0 Å². The first-order chi connectivity index (χ1) is 9.79. The predicted molar refractivity (Wildman–Crippen MR) is 77.4 cm³/mol. The van der Waals surface area contributed by atoms with E-state index in [2.05, 4.69) is 18.7 Å². The predicted octanol–water partition coefficient (Wildman–Crippen LogP) is 2.65. The van der Waals surface area contributed by atoms with Gasteiger partial charge in [0.1, 0.15) is 0 Å². The van der Waals surface area contributed by atoms with Gasteiger partial charge in [0, 0.05) is 5.41 Å². The third-order valence-corrected chi connectivity index (χ3v) is 4.63. The van der Waals surface area contributed by atoms with E-state index in [4.69, 9.17) is 9.47 Å². The van der Waals surface area contributed by atoms with E-state index < -0.39 is 0 Å². The number of rotatable bonds is 5. The summed E-state index contributed by atoms with van der Waals surface area (Å²) in [5.74, 6) is 0.337. The summed E-state index contributed by atoms with van der Waals surface area (Å²) in [6.07, 6.45) is 2.73. The van der Waals surface area contributed by atoms with Crippen molar-refractivity contribution in [3.8, 4) is 0 Å². The Morgan fingerprint density at radius 3 is 2.50 bits per heavy atom. The molecule has 3 heteroatoms. The van der Waals surface area contributed by atoms with Crippen LogP contribution in [0.1, 0.15) is 24.8 Å². The van der Waals surface area contributed by atoms with Crippen LogP contribution >= 0.6 is 0 Å². The van der Waals surface area contributed by atoms with Crippen LogP contribution < -0.4 is 0 Å². The van der Waals surface area contributed by atoms with Gasteiger partial charge in [-0.05, 0) is 30.7 Å². The minimum absolute atomic E-state index is 0.0793. The zero-order valence-corrected chi connectivity index (χ0v) is 11.8. The smallest absolute Gasteiger partial charge is 0.157 e. The molecule has 2 fully saturated rings. The summed E-state index contributed by atoms with van der Waals surface area (Å²) in [6.45, 7) is 5.89. The molecule has 20 heavy (non-hydrogen) atoms. The summed E-state index contributed by atoms with van der Waals surface area (Å²) < 4.78 is 11.2. The second-order valence-electron chi connectivity index (χ2n) is 5.68. The van der Waals surface area contributed by atoms with Crippen LogP contribution in [0.15, 0.2) is 42.5 Å². The summed E-state index contributed by atoms with van der Waals surface area (Å²) in [7, 11) is 0. The first-order valence-electron chi connectivity index (χ1n) is 7.38. The number of hydrogen-bond donors (Lipinski definition) is 1. The second kappa shape index (κ2) is 5.68. The lowest BCUT2D eigenvalue weighted by molar-refractivity contribution is -0.182. The molecular weight excluding hydrogens is 252 g/mol. The number of benzene rings is 1. The van der Waals surface area contributed by atoms with Crippen molar-refractivity contribution in [2.45, 2.75) is 31.0 Å². The highest BCUT2D eigenvalue weighted by Gasteiger charge is 2.58. The Morgan fingerprint density at radius 1 is 1.15 bits per heavy atom. The van der Waals surface area contributed by atoms with Gasteiger partial charge in [-0.2, -0.15) is 0 Å². The third-order valence-electron chi connectivity index (χ3n) is 4.63. The second-order valence-corrected chi connectivity index (χ2v) is 5.68. The fourth-order valence-electron chi connectivity index (χ4n) is 3.37. The molecule has 1 N–H and O–H groups in total. The first kappa shape index (κ1) is 13.8. The number of hydrogen-bond acceptors (Lipinski definition) is 3. The van der Waals surface area contributed by atoms with Gasteiger partial charge in [0.25, 0.3) is 0 Å². The van der Waals surface area contributed by atoms with Crippen molar-refractivity contribution in [3.63, 3.8) is 0 Å². The normalized spacial score (nSPS) is 30.4. The molecule has 1 aliphatic heterocycles. The van der Waals surface area contributed by atoms with E-state index in [0.717, 1.165) is 38.0 Å². The lowest BCUT2D eigenvalue weighted by atomic mass is 9.92. The molecule has 108 valence electrons. The molecule has 2 atom stereocenters. The molecule has 0 aromatic heterocycles. The maximum Gasteiger partial charge on any atom is 0.157 e. The summed E-state index contributed by atoms with van der Waals surface area (Å²) in [6, 6.07) is 10.2. The van der Waals surface area contributed by atoms with E-state index in [9.17, 15) is 5.11 Å². The van der Waals surface area contributed by atoms with E-state index in [1.165, 1.54) is 5.56 Å². The molecule has 0 unspecified atom stereocenters. The van der Waals surface area contributed by atoms with E-state index in [-0.39, 0.29) is 18.3 Å². The van der Waals surface area contributed by atoms with Crippen molar-refractivity contribution < 1.29 is 14.6 Å². The van der Waals surface area contributed by atoms with Crippen LogP contribution in [-0.2, 0) is 14.9 Å². The van der Waals surface area contributed by atoms with Gasteiger partial charge in [-0.15, -0.1) is 0 Å². The van der Waals surface area contributed by atoms with Crippen molar-refractivity contribution in [3.05, 3.63) is 48.0 Å². The summed E-state index contributed by atoms with van der Waals surface area (Å²) >= 11 is 0. The van der Waals surface area contributed by atoms with E-state index in [1.807, 2.05) is 18.2 Å². The van der Waals surface area contributed by atoms with Crippen LogP contribution in [0, 0.1) is 5.92 Å². The van der Waals surface area contributed by atoms with Crippen molar-refractivity contribution in [1.29, 1.82) is 0 Å². The molecule has 3 rings (SSSR count). The van der Waals surface area contributed by atoms with Gasteiger partial charge in [0.05, 0.1) is 19.8 Å². The average molecular weight is 274 g/mol. The Balaban J connectivity index is 1.64. The Morgan fingerprint density at radius 2 is 1.85 bits per heavy atom. The Hall–Kier alpha value is -1.16. The summed E-state index contributed by atoms with van der Waals surface area (Å²) in [4.78, 5) is 0. The van der Waals surface area contributed by atoms with Crippen molar-refractivity contribution in [2.75, 3.05) is 19.8 Å². The van der Waals surface area contributed by atoms with Gasteiger partial charge in [-0.25, -0.2) is 0 Å². The number of aliphatic hydroxyl groups is 1. The highest BCUT2D eigenvalue weighted by molar-refractivity contribution is 5.52. The molecule has 1 aromatic carbocycles. The van der Waals surface area contributed by atoms with Crippen LogP contribution in [0.5, 0.6) is 0 Å². The average Bonchev–Trinajstić information content (AvgIpc) is 3.11. The lowest BCUT2D eigenvalue weighted by Crippen LogP contribution is -2.25. The molecule has 0 radical (unpaired) electrons. The SMILES string of the molecule is C=C1[C@H](CCC2OCCCO2)[C@]1(CO)c1ccccc1. The topological polar surface area (TPSA) is 38.7 Å². The van der Waals surface area contributed by atoms with Crippen molar-refractivity contribution >= 4 is 0 Å². The molecule has 0 spiro atoms. The molecule has 1 aliphatic carbocycles. The largest absolute Gasteiger partial charge is 0.395 e. The van der Waals surface area contributed by atoms with Crippen LogP contribution in [-0.4, -0.2) is 31.2 Å². The third kappa shape index (κ3) is 2.30. The molecule has 3 nitrogen and oxygen atoms in total. The summed E-state index contributed by atoms with van der Waals surface area (Å²) in [5.41, 5.74) is 2.07. The molecular formula is C17H22O3. The van der Waals surface area contributed by atoms with Crippen LogP contribution in [0.25, 0.3) is 0 Å². The van der Waals surface area contributed by atoms with Gasteiger partial charge >= 0.3 is 0 Å². The molecule has 1 saturated carbocycles. The monoisotopic (exact) mass is 274 g/mol. The molecule has 2 aliphatic rings. The van der Waals surface area contributed by atoms with Crippen LogP contribution in [0.4, 0.5) is 0 Å². The highest BCUT2D eigenvalue weighted by atomic mass is 16.7. The standard InChI is InChI=1S/C17H22O3/c1-13-15(8-9-16-19-10-5-11-20-16)17(13,12-18)14-6-3-2-4-7-14/h2-4,6-7,15-16,18H,1,5,8-12H2/t15-,17-/m0/s1. The molecule has 0 bridgehead atoms. The van der Waals surface area contributed by atoms with Crippen molar-refractivity contribution in [2.24, 2.45) is 5.92 Å². The first-order valence-corrected chi connectivity index (χ1v) is 7.38. The molecule has 1 aromatic rings. The minimum Gasteiger partial charge on any atom is -0.395 e. The van der Waals surface area contributed by atoms with Gasteiger partial charge in [0.2, 0.25) is 0 Å². The van der Waals surface area contributed by atoms with E-state index in [1.54, 1.807) is 0 Å². The van der Waals surface area contributed by atoms with Crippen molar-refractivity contribution in [1.82, 2.24) is 0 Å². The van der Waals surface area contributed by atoms with Gasteiger partial charge in [-0.1, -0.05) is 42.5 Å². The van der Waals surface area contributed by atoms with E-state index >= 15 is 0 Å². The number of aliphatic hydroxyl groups excluding tert-OH is 1. The highest BCUT2D eigenvalue weighted by Crippen LogP contribution is 2.60. The molecule has 1 saturated heterocycles. The van der Waals surface area contributed by atoms with E-state index in [0.29, 0.717) is 5.92 Å². The van der Waals surface area contributed by atoms with Gasteiger partial charge in [0.15, 0.2) is 6.29 Å². The Kier molecular flexibility index (Phi) is 3.92. The maximum atomic E-state index is 9.86. The Labute approximate surface area is 120 Å². The fraction of sp³-hybridized carbons (Fsp3) is 0.529. The van der Waals surface area contributed by atoms with Gasteiger partial charge < -0.3 is 14.6 Å². The zero-order chi connectivity index (χ0) is 14.0. The van der Waals surface area contributed by atoms with Crippen LogP contribution in [0.2, 0.25) is 0 Å². The summed E-state index contributed by atoms with van der Waals surface area (Å²) in [5, 5.41) is 9.86. The maximum absolute atomic E-state index is 9.86. The van der Waals surface area contributed by atoms with Gasteiger partial charge in [-0.3, -0.25) is 0 Å².